The Kier molecular flexibility index (Phi) is 8.80. The van der Waals surface area contributed by atoms with Gasteiger partial charge in [-0.25, -0.2) is 13.1 Å². The summed E-state index contributed by atoms with van der Waals surface area (Å²) in [6.07, 6.45) is -2.63. The highest BCUT2D eigenvalue weighted by Gasteiger charge is 2.34. The van der Waals surface area contributed by atoms with Gasteiger partial charge in [0.25, 0.3) is 0 Å². The molecule has 1 amide bonds. The van der Waals surface area contributed by atoms with Gasteiger partial charge in [-0.15, -0.1) is 0 Å². The third-order valence-corrected chi connectivity index (χ3v) is 8.66. The highest BCUT2D eigenvalue weighted by atomic mass is 32.2. The van der Waals surface area contributed by atoms with Crippen LogP contribution in [0.4, 0.5) is 13.2 Å². The van der Waals surface area contributed by atoms with Gasteiger partial charge in [0.15, 0.2) is 0 Å². The van der Waals surface area contributed by atoms with Crippen molar-refractivity contribution in [3.8, 4) is 5.69 Å². The van der Waals surface area contributed by atoms with Gasteiger partial charge in [-0.2, -0.15) is 22.6 Å². The first kappa shape index (κ1) is 28.8. The number of amides is 1. The number of carbonyl (C=O) groups excluding carboxylic acids is 1. The molecule has 11 heteroatoms. The second kappa shape index (κ2) is 11.9. The van der Waals surface area contributed by atoms with Crippen LogP contribution in [0.1, 0.15) is 50.1 Å². The molecule has 1 fully saturated rings. The second-order valence-corrected chi connectivity index (χ2v) is 12.3. The Bertz CT molecular complexity index is 1380. The van der Waals surface area contributed by atoms with Gasteiger partial charge < -0.3 is 5.32 Å². The summed E-state index contributed by atoms with van der Waals surface area (Å²) < 4.78 is 68.1. The van der Waals surface area contributed by atoms with Gasteiger partial charge in [0.1, 0.15) is 0 Å². The first-order valence-electron chi connectivity index (χ1n) is 13.0. The van der Waals surface area contributed by atoms with Gasteiger partial charge in [0.05, 0.1) is 28.4 Å². The summed E-state index contributed by atoms with van der Waals surface area (Å²) in [4.78, 5) is 12.3. The minimum absolute atomic E-state index is 0.0173. The van der Waals surface area contributed by atoms with Gasteiger partial charge in [-0.1, -0.05) is 38.1 Å². The molecular weight excluding hydrogens is 529 g/mol. The van der Waals surface area contributed by atoms with Crippen molar-refractivity contribution in [1.82, 2.24) is 19.4 Å². The zero-order valence-corrected chi connectivity index (χ0v) is 22.8. The van der Waals surface area contributed by atoms with Crippen molar-refractivity contribution in [3.63, 3.8) is 0 Å². The average Bonchev–Trinajstić information content (AvgIpc) is 3.30. The highest BCUT2D eigenvalue weighted by molar-refractivity contribution is 7.89. The molecule has 1 aliphatic rings. The molecule has 0 aliphatic carbocycles. The summed E-state index contributed by atoms with van der Waals surface area (Å²) in [5.41, 5.74) is 1.78. The lowest BCUT2D eigenvalue weighted by molar-refractivity contribution is -0.137. The van der Waals surface area contributed by atoms with E-state index in [1.54, 1.807) is 0 Å². The van der Waals surface area contributed by atoms with Gasteiger partial charge in [-0.05, 0) is 67.5 Å². The second-order valence-electron chi connectivity index (χ2n) is 10.3. The van der Waals surface area contributed by atoms with E-state index < -0.39 is 21.8 Å². The van der Waals surface area contributed by atoms with Gasteiger partial charge in [-0.3, -0.25) is 4.79 Å². The topological polar surface area (TPSA) is 84.3 Å². The fourth-order valence-corrected chi connectivity index (χ4v) is 6.29. The molecular formula is C28H33F3N4O3S. The Hall–Kier alpha value is -3.18. The number of aromatic nitrogens is 2. The predicted octanol–water partition coefficient (Wildman–Crippen LogP) is 5.20. The van der Waals surface area contributed by atoms with Crippen molar-refractivity contribution in [2.45, 2.75) is 57.1 Å². The third kappa shape index (κ3) is 7.27. The average molecular weight is 563 g/mol. The van der Waals surface area contributed by atoms with Crippen LogP contribution in [0.5, 0.6) is 0 Å². The maximum atomic E-state index is 13.0. The molecule has 0 atom stereocenters. The normalized spacial score (nSPS) is 15.5. The van der Waals surface area contributed by atoms with E-state index in [9.17, 15) is 26.4 Å². The number of benzene rings is 2. The molecule has 0 saturated carbocycles. The van der Waals surface area contributed by atoms with Crippen LogP contribution < -0.4 is 5.32 Å². The summed E-state index contributed by atoms with van der Waals surface area (Å²) in [7, 11) is -4.05. The zero-order chi connectivity index (χ0) is 28.2. The summed E-state index contributed by atoms with van der Waals surface area (Å²) in [5.74, 6) is 0.278. The molecule has 1 aliphatic heterocycles. The maximum Gasteiger partial charge on any atom is 0.416 e. The standard InChI is InChI=1S/C28H33F3N4O3S/c1-20(2)15-25-18-23(33-35(25)24-8-4-3-5-9-24)19-32-27(36)16-21-11-13-34(14-12-21)39(37,38)26-10-6-7-22(17-26)28(29,30)31/h3-10,17-18,20-21H,11-16,19H2,1-2H3,(H,32,36). The van der Waals surface area contributed by atoms with Gasteiger partial charge in [0, 0.05) is 25.2 Å². The van der Waals surface area contributed by atoms with Crippen LogP contribution >= 0.6 is 0 Å². The van der Waals surface area contributed by atoms with E-state index in [4.69, 9.17) is 5.10 Å². The van der Waals surface area contributed by atoms with Crippen molar-refractivity contribution in [1.29, 1.82) is 0 Å². The Morgan fingerprint density at radius 2 is 1.74 bits per heavy atom. The lowest BCUT2D eigenvalue weighted by atomic mass is 9.94. The Morgan fingerprint density at radius 3 is 2.38 bits per heavy atom. The van der Waals surface area contributed by atoms with Crippen molar-refractivity contribution in [3.05, 3.63) is 77.6 Å². The van der Waals surface area contributed by atoms with Crippen molar-refractivity contribution >= 4 is 15.9 Å². The molecule has 0 unspecified atom stereocenters. The molecule has 3 aromatic rings. The number of para-hydroxylation sites is 1. The number of hydrogen-bond donors (Lipinski definition) is 1. The quantitative estimate of drug-likeness (QED) is 0.389. The molecule has 2 aromatic carbocycles. The molecule has 4 rings (SSSR count). The Morgan fingerprint density at radius 1 is 1.05 bits per heavy atom. The van der Waals surface area contributed by atoms with Crippen molar-refractivity contribution in [2.24, 2.45) is 11.8 Å². The van der Waals surface area contributed by atoms with Crippen LogP contribution in [0.25, 0.3) is 5.69 Å². The molecule has 1 N–H and O–H groups in total. The highest BCUT2D eigenvalue weighted by Crippen LogP contribution is 2.32. The van der Waals surface area contributed by atoms with E-state index in [1.807, 2.05) is 41.1 Å². The summed E-state index contributed by atoms with van der Waals surface area (Å²) >= 11 is 0. The van der Waals surface area contributed by atoms with Crippen LogP contribution in [0.2, 0.25) is 0 Å². The van der Waals surface area contributed by atoms with Crippen LogP contribution in [-0.2, 0) is 34.0 Å². The molecule has 2 heterocycles. The lowest BCUT2D eigenvalue weighted by Crippen LogP contribution is -2.39. The largest absolute Gasteiger partial charge is 0.416 e. The summed E-state index contributed by atoms with van der Waals surface area (Å²) in [6, 6.07) is 15.6. The molecule has 0 spiro atoms. The summed E-state index contributed by atoms with van der Waals surface area (Å²) in [6.45, 7) is 4.86. The van der Waals surface area contributed by atoms with E-state index in [1.165, 1.54) is 10.4 Å². The first-order chi connectivity index (χ1) is 18.4. The first-order valence-corrected chi connectivity index (χ1v) is 14.4. The van der Waals surface area contributed by atoms with Crippen LogP contribution in [0.15, 0.2) is 65.6 Å². The Balaban J connectivity index is 1.31. The van der Waals surface area contributed by atoms with Gasteiger partial charge >= 0.3 is 6.18 Å². The third-order valence-electron chi connectivity index (χ3n) is 6.77. The minimum atomic E-state index is -4.62. The maximum absolute atomic E-state index is 13.0. The molecule has 210 valence electrons. The van der Waals surface area contributed by atoms with Crippen LogP contribution in [-0.4, -0.2) is 41.5 Å². The number of hydrogen-bond acceptors (Lipinski definition) is 4. The fraction of sp³-hybridized carbons (Fsp3) is 0.429. The number of rotatable bonds is 9. The predicted molar refractivity (Wildman–Crippen MR) is 141 cm³/mol. The van der Waals surface area contributed by atoms with E-state index in [2.05, 4.69) is 19.2 Å². The lowest BCUT2D eigenvalue weighted by Gasteiger charge is -2.31. The smallest absolute Gasteiger partial charge is 0.350 e. The van der Waals surface area contributed by atoms with Crippen molar-refractivity contribution in [2.75, 3.05) is 13.1 Å². The molecule has 0 bridgehead atoms. The van der Waals surface area contributed by atoms with Crippen LogP contribution in [0, 0.1) is 11.8 Å². The summed E-state index contributed by atoms with van der Waals surface area (Å²) in [5, 5.41) is 7.62. The van der Waals surface area contributed by atoms with E-state index in [-0.39, 0.29) is 42.8 Å². The van der Waals surface area contributed by atoms with Crippen molar-refractivity contribution < 1.29 is 26.4 Å². The molecule has 39 heavy (non-hydrogen) atoms. The number of halogens is 3. The fourth-order valence-electron chi connectivity index (χ4n) is 4.78. The number of sulfonamides is 1. The van der Waals surface area contributed by atoms with E-state index in [0.717, 1.165) is 35.6 Å². The number of carbonyl (C=O) groups is 1. The molecule has 1 aromatic heterocycles. The number of nitrogens with one attached hydrogen (secondary N) is 1. The van der Waals surface area contributed by atoms with Gasteiger partial charge in [0.2, 0.25) is 15.9 Å². The zero-order valence-electron chi connectivity index (χ0n) is 22.0. The molecule has 7 nitrogen and oxygen atoms in total. The number of alkyl halides is 3. The minimum Gasteiger partial charge on any atom is -0.350 e. The monoisotopic (exact) mass is 562 g/mol. The number of piperidine rings is 1. The van der Waals surface area contributed by atoms with Crippen LogP contribution in [0.3, 0.4) is 0 Å². The Labute approximate surface area is 227 Å². The molecule has 1 saturated heterocycles. The van der Waals surface area contributed by atoms with E-state index >= 15 is 0 Å². The number of nitrogens with zero attached hydrogens (tertiary/aromatic N) is 3. The SMILES string of the molecule is CC(C)Cc1cc(CNC(=O)CC2CCN(S(=O)(=O)c3cccc(C(F)(F)F)c3)CC2)nn1-c1ccccc1. The van der Waals surface area contributed by atoms with E-state index in [0.29, 0.717) is 24.8 Å². The molecule has 0 radical (unpaired) electrons.